The fraction of sp³-hybridized carbons (Fsp3) is 0.870. The summed E-state index contributed by atoms with van der Waals surface area (Å²) in [5.74, 6) is -0.120. The first-order valence-corrected chi connectivity index (χ1v) is 12.1. The molecule has 0 spiro atoms. The zero-order valence-corrected chi connectivity index (χ0v) is 19.3. The van der Waals surface area contributed by atoms with E-state index in [2.05, 4.69) is 12.2 Å². The van der Waals surface area contributed by atoms with E-state index in [-0.39, 0.29) is 30.4 Å². The molecule has 174 valence electrons. The van der Waals surface area contributed by atoms with Crippen LogP contribution >= 0.6 is 0 Å². The van der Waals surface area contributed by atoms with Gasteiger partial charge in [-0.15, -0.1) is 0 Å². The van der Waals surface area contributed by atoms with E-state index in [1.807, 2.05) is 0 Å². The number of rotatable bonds is 18. The van der Waals surface area contributed by atoms with Crippen LogP contribution in [0.15, 0.2) is 0 Å². The van der Waals surface area contributed by atoms with Gasteiger partial charge in [-0.05, 0) is 32.7 Å². The lowest BCUT2D eigenvalue weighted by atomic mass is 10.1. The Morgan fingerprint density at radius 3 is 2.17 bits per heavy atom. The molecule has 0 saturated carbocycles. The fourth-order valence-corrected chi connectivity index (χ4v) is 3.95. The smallest absolute Gasteiger partial charge is 0.327 e. The van der Waals surface area contributed by atoms with Crippen LogP contribution in [0.1, 0.15) is 97.3 Å². The highest BCUT2D eigenvalue weighted by atomic mass is 16.2. The summed E-state index contributed by atoms with van der Waals surface area (Å²) in [5, 5.41) is 3.09. The molecule has 1 rings (SSSR count). The minimum Gasteiger partial charge on any atom is -0.352 e. The number of imide groups is 1. The van der Waals surface area contributed by atoms with Crippen LogP contribution in [0, 0.1) is 0 Å². The maximum absolute atomic E-state index is 12.4. The molecule has 3 N–H and O–H groups in total. The first-order valence-electron chi connectivity index (χ1n) is 12.1. The van der Waals surface area contributed by atoms with E-state index in [1.54, 1.807) is 11.8 Å². The Kier molecular flexibility index (Phi) is 14.2. The fourth-order valence-electron chi connectivity index (χ4n) is 3.95. The third-order valence-corrected chi connectivity index (χ3v) is 5.76. The Morgan fingerprint density at radius 1 is 0.967 bits per heavy atom. The van der Waals surface area contributed by atoms with Crippen molar-refractivity contribution in [3.05, 3.63) is 0 Å². The molecule has 1 aliphatic heterocycles. The van der Waals surface area contributed by atoms with Crippen molar-refractivity contribution in [2.24, 2.45) is 5.73 Å². The molecule has 30 heavy (non-hydrogen) atoms. The third kappa shape index (κ3) is 10.4. The number of amides is 4. The van der Waals surface area contributed by atoms with Crippen LogP contribution in [0.3, 0.4) is 0 Å². The number of nitrogens with two attached hydrogens (primary N) is 1. The van der Waals surface area contributed by atoms with E-state index in [1.165, 1.54) is 49.8 Å². The standard InChI is InChI=1S/C23H44N4O3/c1-3-5-6-7-8-9-10-11-12-16-21(28)25-20(15-13-14-17-24)18-26-19-22(29)27(4-2)23(26)30/h20H,3-19,24H2,1-2H3,(H,25,28)/t20-/m0/s1. The van der Waals surface area contributed by atoms with Crippen molar-refractivity contribution in [1.29, 1.82) is 0 Å². The number of nitrogens with one attached hydrogen (secondary N) is 1. The number of hydrogen-bond donors (Lipinski definition) is 2. The second-order valence-electron chi connectivity index (χ2n) is 8.43. The minimum absolute atomic E-state index is 0.0426. The van der Waals surface area contributed by atoms with Gasteiger partial charge in [-0.1, -0.05) is 64.7 Å². The zero-order chi connectivity index (χ0) is 22.2. The maximum Gasteiger partial charge on any atom is 0.327 e. The predicted molar refractivity (Wildman–Crippen MR) is 121 cm³/mol. The number of hydrogen-bond acceptors (Lipinski definition) is 4. The average Bonchev–Trinajstić information content (AvgIpc) is 2.99. The lowest BCUT2D eigenvalue weighted by Crippen LogP contribution is -2.45. The Hall–Kier alpha value is -1.63. The van der Waals surface area contributed by atoms with Crippen molar-refractivity contribution >= 4 is 17.8 Å². The van der Waals surface area contributed by atoms with Gasteiger partial charge in [0.25, 0.3) is 0 Å². The van der Waals surface area contributed by atoms with Crippen molar-refractivity contribution < 1.29 is 14.4 Å². The molecule has 1 atom stereocenters. The van der Waals surface area contributed by atoms with Crippen LogP contribution in [-0.4, -0.2) is 59.9 Å². The Bertz CT molecular complexity index is 513. The molecule has 1 aliphatic rings. The molecule has 0 radical (unpaired) electrons. The molecule has 1 saturated heterocycles. The van der Waals surface area contributed by atoms with E-state index in [0.29, 0.717) is 26.1 Å². The Morgan fingerprint density at radius 2 is 1.60 bits per heavy atom. The van der Waals surface area contributed by atoms with Gasteiger partial charge in [0.1, 0.15) is 6.54 Å². The quantitative estimate of drug-likeness (QED) is 0.258. The van der Waals surface area contributed by atoms with Gasteiger partial charge in [-0.2, -0.15) is 0 Å². The van der Waals surface area contributed by atoms with E-state index in [4.69, 9.17) is 5.73 Å². The summed E-state index contributed by atoms with van der Waals surface area (Å²) in [6.45, 7) is 5.52. The van der Waals surface area contributed by atoms with Crippen LogP contribution in [0.5, 0.6) is 0 Å². The third-order valence-electron chi connectivity index (χ3n) is 5.76. The number of carbonyl (C=O) groups is 3. The summed E-state index contributed by atoms with van der Waals surface area (Å²) in [7, 11) is 0. The van der Waals surface area contributed by atoms with Gasteiger partial charge in [0.2, 0.25) is 11.8 Å². The SMILES string of the molecule is CCCCCCCCCCCC(=O)N[C@@H](CCCCN)CN1CC(=O)N(CC)C1=O. The van der Waals surface area contributed by atoms with Crippen LogP contribution in [0.2, 0.25) is 0 Å². The molecular weight excluding hydrogens is 380 g/mol. The largest absolute Gasteiger partial charge is 0.352 e. The molecule has 7 heteroatoms. The average molecular weight is 425 g/mol. The van der Waals surface area contributed by atoms with Crippen LogP contribution in [0.25, 0.3) is 0 Å². The van der Waals surface area contributed by atoms with Crippen molar-refractivity contribution in [3.63, 3.8) is 0 Å². The summed E-state index contributed by atoms with van der Waals surface area (Å²) < 4.78 is 0. The number of likely N-dealkylation sites (N-methyl/N-ethyl adjacent to an activating group) is 1. The topological polar surface area (TPSA) is 95.7 Å². The van der Waals surface area contributed by atoms with Crippen LogP contribution in [-0.2, 0) is 9.59 Å². The highest BCUT2D eigenvalue weighted by Gasteiger charge is 2.35. The number of carbonyl (C=O) groups excluding carboxylic acids is 3. The molecule has 0 bridgehead atoms. The molecule has 7 nitrogen and oxygen atoms in total. The van der Waals surface area contributed by atoms with Crippen molar-refractivity contribution in [2.75, 3.05) is 26.2 Å². The van der Waals surface area contributed by atoms with Crippen molar-refractivity contribution in [2.45, 2.75) is 103 Å². The highest BCUT2D eigenvalue weighted by molar-refractivity contribution is 6.01. The van der Waals surface area contributed by atoms with E-state index in [9.17, 15) is 14.4 Å². The molecule has 1 heterocycles. The maximum atomic E-state index is 12.4. The van der Waals surface area contributed by atoms with Crippen LogP contribution < -0.4 is 11.1 Å². The summed E-state index contributed by atoms with van der Waals surface area (Å²) in [4.78, 5) is 39.5. The number of urea groups is 1. The molecule has 0 unspecified atom stereocenters. The molecule has 0 aromatic rings. The van der Waals surface area contributed by atoms with E-state index >= 15 is 0 Å². The molecule has 4 amide bonds. The monoisotopic (exact) mass is 424 g/mol. The van der Waals surface area contributed by atoms with Crippen molar-refractivity contribution in [3.8, 4) is 0 Å². The normalized spacial score (nSPS) is 15.2. The zero-order valence-electron chi connectivity index (χ0n) is 19.3. The van der Waals surface area contributed by atoms with Gasteiger partial charge in [-0.25, -0.2) is 4.79 Å². The first kappa shape index (κ1) is 26.4. The van der Waals surface area contributed by atoms with E-state index in [0.717, 1.165) is 32.1 Å². The Labute approximate surface area is 183 Å². The van der Waals surface area contributed by atoms with Gasteiger partial charge in [0, 0.05) is 25.6 Å². The molecule has 1 fully saturated rings. The summed E-state index contributed by atoms with van der Waals surface area (Å²) in [5.41, 5.74) is 5.59. The van der Waals surface area contributed by atoms with E-state index < -0.39 is 0 Å². The van der Waals surface area contributed by atoms with Gasteiger partial charge < -0.3 is 16.0 Å². The number of unbranched alkanes of at least 4 members (excludes halogenated alkanes) is 9. The predicted octanol–water partition coefficient (Wildman–Crippen LogP) is 3.81. The minimum atomic E-state index is -0.250. The second kappa shape index (κ2) is 16.1. The van der Waals surface area contributed by atoms with Gasteiger partial charge in [0.05, 0.1) is 0 Å². The lowest BCUT2D eigenvalue weighted by Gasteiger charge is -2.24. The lowest BCUT2D eigenvalue weighted by molar-refractivity contribution is -0.125. The molecular formula is C23H44N4O3. The highest BCUT2D eigenvalue weighted by Crippen LogP contribution is 2.14. The molecule has 0 aromatic heterocycles. The van der Waals surface area contributed by atoms with Gasteiger partial charge in [-0.3, -0.25) is 14.5 Å². The number of nitrogens with zero attached hydrogens (tertiary/aromatic N) is 2. The summed E-state index contributed by atoms with van der Waals surface area (Å²) in [6.07, 6.45) is 14.1. The summed E-state index contributed by atoms with van der Waals surface area (Å²) >= 11 is 0. The second-order valence-corrected chi connectivity index (χ2v) is 8.43. The van der Waals surface area contributed by atoms with Crippen molar-refractivity contribution in [1.82, 2.24) is 15.1 Å². The molecule has 0 aromatic carbocycles. The first-order chi connectivity index (χ1) is 14.5. The molecule has 0 aliphatic carbocycles. The van der Waals surface area contributed by atoms with Crippen LogP contribution in [0.4, 0.5) is 4.79 Å². The van der Waals surface area contributed by atoms with Gasteiger partial charge >= 0.3 is 6.03 Å². The van der Waals surface area contributed by atoms with Gasteiger partial charge in [0.15, 0.2) is 0 Å². The Balaban J connectivity index is 2.32. The summed E-state index contributed by atoms with van der Waals surface area (Å²) in [6, 6.07) is -0.379.